The van der Waals surface area contributed by atoms with Crippen molar-refractivity contribution in [1.82, 2.24) is 19.9 Å². The Hall–Kier alpha value is -6.56. The number of sulfone groups is 1. The van der Waals surface area contributed by atoms with Crippen molar-refractivity contribution < 1.29 is 50.9 Å². The number of pyridine rings is 1. The van der Waals surface area contributed by atoms with E-state index in [0.29, 0.717) is 22.5 Å². The standard InChI is InChI=1S/C42H47FN6O10S/c1-25(2)42(7,46-39(52)59-41(4,5)6)37(51)57-24-58-40(53)49(33-20-19-32(60(9,54)55)22-34(33)56-8)38-45-35-21-14-29(23-48(35)47-38)28-12-17-31(18-13-28)44-36(50)26(3)27-10-15-30(43)16-11-27/h10-23,25-26H,24H2,1-9H3,(H,44,50)(H,46,52)/t26-,42-/m1/s1. The molecule has 5 aromatic rings. The summed E-state index contributed by atoms with van der Waals surface area (Å²) in [7, 11) is -2.40. The summed E-state index contributed by atoms with van der Waals surface area (Å²) in [5.74, 6) is -2.81. The number of carbonyl (C=O) groups is 4. The molecule has 0 aliphatic carbocycles. The molecule has 3 aromatic carbocycles. The third-order valence-electron chi connectivity index (χ3n) is 9.48. The summed E-state index contributed by atoms with van der Waals surface area (Å²) < 4.78 is 61.1. The molecule has 18 heteroatoms. The van der Waals surface area contributed by atoms with Crippen molar-refractivity contribution in [1.29, 1.82) is 0 Å². The van der Waals surface area contributed by atoms with Crippen LogP contribution in [0, 0.1) is 11.7 Å². The molecule has 60 heavy (non-hydrogen) atoms. The van der Waals surface area contributed by atoms with Crippen LogP contribution in [0.5, 0.6) is 5.75 Å². The predicted octanol–water partition coefficient (Wildman–Crippen LogP) is 7.40. The molecule has 0 spiro atoms. The van der Waals surface area contributed by atoms with Gasteiger partial charge in [0.1, 0.15) is 22.7 Å². The molecule has 0 radical (unpaired) electrons. The number of hydrogen-bond donors (Lipinski definition) is 2. The first kappa shape index (κ1) is 44.5. The third kappa shape index (κ3) is 10.5. The minimum atomic E-state index is -3.68. The van der Waals surface area contributed by atoms with Crippen LogP contribution < -0.4 is 20.3 Å². The molecule has 3 amide bonds. The largest absolute Gasteiger partial charge is 0.495 e. The fourth-order valence-corrected chi connectivity index (χ4v) is 6.33. The molecule has 0 saturated heterocycles. The summed E-state index contributed by atoms with van der Waals surface area (Å²) in [6.07, 6.45) is 0.712. The first-order valence-corrected chi connectivity index (χ1v) is 20.6. The number of fused-ring (bicyclic) bond motifs is 1. The Balaban J connectivity index is 1.39. The summed E-state index contributed by atoms with van der Waals surface area (Å²) in [5, 5.41) is 9.94. The highest BCUT2D eigenvalue weighted by Crippen LogP contribution is 2.36. The van der Waals surface area contributed by atoms with Crippen LogP contribution in [-0.4, -0.2) is 78.4 Å². The minimum Gasteiger partial charge on any atom is -0.495 e. The number of hydrogen-bond acceptors (Lipinski definition) is 12. The number of rotatable bonds is 13. The summed E-state index contributed by atoms with van der Waals surface area (Å²) in [5.41, 5.74) is 0.572. The number of methoxy groups -OCH3 is 1. The Morgan fingerprint density at radius 2 is 1.53 bits per heavy atom. The van der Waals surface area contributed by atoms with Gasteiger partial charge in [-0.2, -0.15) is 4.98 Å². The molecular formula is C42H47FN6O10S. The van der Waals surface area contributed by atoms with Crippen LogP contribution in [0.3, 0.4) is 0 Å². The van der Waals surface area contributed by atoms with Crippen molar-refractivity contribution in [2.24, 2.45) is 5.92 Å². The monoisotopic (exact) mass is 846 g/mol. The van der Waals surface area contributed by atoms with Crippen molar-refractivity contribution in [3.05, 3.63) is 96.4 Å². The molecule has 2 N–H and O–H groups in total. The van der Waals surface area contributed by atoms with Crippen LogP contribution >= 0.6 is 0 Å². The predicted molar refractivity (Wildman–Crippen MR) is 220 cm³/mol. The highest BCUT2D eigenvalue weighted by molar-refractivity contribution is 7.90. The van der Waals surface area contributed by atoms with E-state index < -0.39 is 57.8 Å². The van der Waals surface area contributed by atoms with Gasteiger partial charge in [0, 0.05) is 29.8 Å². The number of aromatic nitrogens is 3. The molecule has 2 heterocycles. The van der Waals surface area contributed by atoms with Crippen molar-refractivity contribution >= 4 is 56.9 Å². The van der Waals surface area contributed by atoms with E-state index in [1.54, 1.807) is 96.3 Å². The summed E-state index contributed by atoms with van der Waals surface area (Å²) in [6.45, 7) is 10.7. The van der Waals surface area contributed by atoms with E-state index in [-0.39, 0.29) is 34.0 Å². The fraction of sp³-hybridized carbons (Fsp3) is 0.333. The first-order chi connectivity index (χ1) is 28.1. The molecule has 0 bridgehead atoms. The second kappa shape index (κ2) is 17.7. The van der Waals surface area contributed by atoms with Crippen LogP contribution in [0.1, 0.15) is 59.9 Å². The second-order valence-corrected chi connectivity index (χ2v) is 17.4. The quantitative estimate of drug-likeness (QED) is 0.0881. The number of ether oxygens (including phenoxy) is 4. The summed E-state index contributed by atoms with van der Waals surface area (Å²) in [4.78, 5) is 58.1. The number of carbonyl (C=O) groups excluding carboxylic acids is 4. The Labute approximate surface area is 346 Å². The van der Waals surface area contributed by atoms with Crippen LogP contribution in [0.25, 0.3) is 16.8 Å². The van der Waals surface area contributed by atoms with Gasteiger partial charge < -0.3 is 29.6 Å². The molecule has 0 saturated carbocycles. The maximum Gasteiger partial charge on any atom is 0.424 e. The SMILES string of the molecule is COc1cc(S(C)(=O)=O)ccc1N(C(=O)OCOC(=O)[C@](C)(NC(=O)OC(C)(C)C)C(C)C)c1nc2ccc(-c3ccc(NC(=O)[C@H](C)c4ccc(F)cc4)cc3)cn2n1. The summed E-state index contributed by atoms with van der Waals surface area (Å²) in [6, 6.07) is 20.1. The highest BCUT2D eigenvalue weighted by atomic mass is 32.2. The van der Waals surface area contributed by atoms with Gasteiger partial charge >= 0.3 is 18.2 Å². The molecule has 0 fully saturated rings. The molecule has 2 atom stereocenters. The van der Waals surface area contributed by atoms with Gasteiger partial charge in [0.15, 0.2) is 15.5 Å². The van der Waals surface area contributed by atoms with Crippen LogP contribution in [0.15, 0.2) is 90.0 Å². The maximum atomic E-state index is 13.9. The van der Waals surface area contributed by atoms with E-state index in [0.717, 1.165) is 16.7 Å². The number of nitrogens with zero attached hydrogens (tertiary/aromatic N) is 4. The fourth-order valence-electron chi connectivity index (χ4n) is 5.69. The number of nitrogens with one attached hydrogen (secondary N) is 2. The molecule has 0 aliphatic heterocycles. The lowest BCUT2D eigenvalue weighted by Gasteiger charge is -2.33. The minimum absolute atomic E-state index is 0.00218. The zero-order valence-corrected chi connectivity index (χ0v) is 35.4. The van der Waals surface area contributed by atoms with Gasteiger partial charge in [0.2, 0.25) is 12.7 Å². The van der Waals surface area contributed by atoms with E-state index in [1.165, 1.54) is 48.9 Å². The van der Waals surface area contributed by atoms with Gasteiger partial charge in [-0.05, 0) is 100 Å². The Bertz CT molecular complexity index is 2500. The number of esters is 1. The number of amides is 3. The molecule has 318 valence electrons. The van der Waals surface area contributed by atoms with Gasteiger partial charge in [0.05, 0.1) is 23.6 Å². The lowest BCUT2D eigenvalue weighted by molar-refractivity contribution is -0.161. The topological polar surface area (TPSA) is 197 Å². The van der Waals surface area contributed by atoms with Crippen molar-refractivity contribution in [2.75, 3.05) is 30.4 Å². The van der Waals surface area contributed by atoms with Gasteiger partial charge in [-0.15, -0.1) is 5.10 Å². The Morgan fingerprint density at radius 1 is 0.883 bits per heavy atom. The van der Waals surface area contributed by atoms with Crippen LogP contribution in [0.2, 0.25) is 0 Å². The molecule has 16 nitrogen and oxygen atoms in total. The highest BCUT2D eigenvalue weighted by Gasteiger charge is 2.41. The number of anilines is 3. The number of halogens is 1. The average molecular weight is 847 g/mol. The van der Waals surface area contributed by atoms with E-state index in [9.17, 15) is 32.0 Å². The van der Waals surface area contributed by atoms with Crippen molar-refractivity contribution in [2.45, 2.75) is 70.4 Å². The zero-order valence-electron chi connectivity index (χ0n) is 34.6. The summed E-state index contributed by atoms with van der Waals surface area (Å²) >= 11 is 0. The maximum absolute atomic E-state index is 13.9. The lowest BCUT2D eigenvalue weighted by atomic mass is 9.88. The molecule has 0 aliphatic rings. The van der Waals surface area contributed by atoms with Crippen LogP contribution in [-0.2, 0) is 33.6 Å². The number of benzene rings is 3. The zero-order chi connectivity index (χ0) is 44.2. The molecule has 2 aromatic heterocycles. The lowest BCUT2D eigenvalue weighted by Crippen LogP contribution is -2.57. The van der Waals surface area contributed by atoms with E-state index in [1.807, 2.05) is 0 Å². The Kier molecular flexibility index (Phi) is 13.2. The molecule has 0 unspecified atom stereocenters. The Morgan fingerprint density at radius 3 is 2.13 bits per heavy atom. The van der Waals surface area contributed by atoms with Crippen LogP contribution in [0.4, 0.5) is 31.3 Å². The van der Waals surface area contributed by atoms with Gasteiger partial charge in [-0.25, -0.2) is 36.6 Å². The average Bonchev–Trinajstić information content (AvgIpc) is 3.60. The molecule has 5 rings (SSSR count). The normalized spacial score (nSPS) is 13.2. The van der Waals surface area contributed by atoms with Gasteiger partial charge in [-0.3, -0.25) is 4.79 Å². The number of alkyl carbamates (subject to hydrolysis) is 1. The van der Waals surface area contributed by atoms with Gasteiger partial charge in [-0.1, -0.05) is 38.1 Å². The smallest absolute Gasteiger partial charge is 0.424 e. The first-order valence-electron chi connectivity index (χ1n) is 18.7. The van der Waals surface area contributed by atoms with E-state index >= 15 is 0 Å². The van der Waals surface area contributed by atoms with Crippen molar-refractivity contribution in [3.8, 4) is 16.9 Å². The van der Waals surface area contributed by atoms with Gasteiger partial charge in [0.25, 0.3) is 5.95 Å². The van der Waals surface area contributed by atoms with E-state index in [2.05, 4.69) is 20.7 Å². The second-order valence-electron chi connectivity index (χ2n) is 15.4. The molecular weight excluding hydrogens is 800 g/mol. The van der Waals surface area contributed by atoms with E-state index in [4.69, 9.17) is 18.9 Å². The third-order valence-corrected chi connectivity index (χ3v) is 10.6. The van der Waals surface area contributed by atoms with Crippen molar-refractivity contribution in [3.63, 3.8) is 0 Å².